The molecule has 1 aliphatic heterocycles. The van der Waals surface area contributed by atoms with Gasteiger partial charge in [0.15, 0.2) is 0 Å². The number of amides is 1. The van der Waals surface area contributed by atoms with Crippen LogP contribution in [0.4, 0.5) is 4.79 Å². The van der Waals surface area contributed by atoms with Gasteiger partial charge in [-0.15, -0.1) is 0 Å². The van der Waals surface area contributed by atoms with Crippen LogP contribution in [0.25, 0.3) is 0 Å². The van der Waals surface area contributed by atoms with E-state index in [1.165, 1.54) is 4.90 Å². The van der Waals surface area contributed by atoms with Gasteiger partial charge in [0.2, 0.25) is 0 Å². The molecular formula is C5H10N2O2. The van der Waals surface area contributed by atoms with Crippen molar-refractivity contribution in [1.29, 1.82) is 0 Å². The Morgan fingerprint density at radius 3 is 2.67 bits per heavy atom. The molecule has 0 spiro atoms. The fourth-order valence-corrected chi connectivity index (χ4v) is 0.961. The minimum Gasteiger partial charge on any atom is -0.465 e. The van der Waals surface area contributed by atoms with E-state index in [0.29, 0.717) is 13.1 Å². The molecule has 4 nitrogen and oxygen atoms in total. The lowest BCUT2D eigenvalue weighted by atomic mass is 10.3. The highest BCUT2D eigenvalue weighted by Gasteiger charge is 2.22. The molecule has 52 valence electrons. The maximum atomic E-state index is 10.2. The molecule has 0 radical (unpaired) electrons. The van der Waals surface area contributed by atoms with E-state index in [2.05, 4.69) is 0 Å². The molecule has 3 N–H and O–H groups in total. The van der Waals surface area contributed by atoms with Crippen LogP contribution >= 0.6 is 0 Å². The van der Waals surface area contributed by atoms with E-state index >= 15 is 0 Å². The molecule has 1 heterocycles. The van der Waals surface area contributed by atoms with Crippen LogP contribution in [0.1, 0.15) is 6.42 Å². The molecule has 1 unspecified atom stereocenters. The summed E-state index contributed by atoms with van der Waals surface area (Å²) in [6.07, 6.45) is -0.0605. The normalized spacial score (nSPS) is 26.8. The first-order valence-electron chi connectivity index (χ1n) is 2.93. The lowest BCUT2D eigenvalue weighted by molar-refractivity contribution is 0.155. The zero-order valence-corrected chi connectivity index (χ0v) is 5.08. The molecule has 9 heavy (non-hydrogen) atoms. The van der Waals surface area contributed by atoms with Crippen molar-refractivity contribution in [2.75, 3.05) is 13.1 Å². The fourth-order valence-electron chi connectivity index (χ4n) is 0.961. The first-order chi connectivity index (χ1) is 4.20. The molecular weight excluding hydrogens is 120 g/mol. The highest BCUT2D eigenvalue weighted by Crippen LogP contribution is 2.05. The third-order valence-corrected chi connectivity index (χ3v) is 1.50. The Balaban J connectivity index is 2.39. The molecule has 1 aliphatic rings. The van der Waals surface area contributed by atoms with Gasteiger partial charge in [-0.2, -0.15) is 0 Å². The minimum absolute atomic E-state index is 0.0566. The minimum atomic E-state index is -0.858. The van der Waals surface area contributed by atoms with Crippen LogP contribution in [0.15, 0.2) is 0 Å². The van der Waals surface area contributed by atoms with Gasteiger partial charge in [-0.05, 0) is 6.42 Å². The monoisotopic (exact) mass is 130 g/mol. The van der Waals surface area contributed by atoms with Crippen molar-refractivity contribution in [2.45, 2.75) is 12.5 Å². The Labute approximate surface area is 53.2 Å². The second-order valence-corrected chi connectivity index (χ2v) is 2.28. The predicted molar refractivity (Wildman–Crippen MR) is 32.2 cm³/mol. The number of carboxylic acid groups (broad SMARTS) is 1. The predicted octanol–water partition coefficient (Wildman–Crippen LogP) is -0.303. The Bertz CT molecular complexity index is 126. The van der Waals surface area contributed by atoms with Crippen molar-refractivity contribution >= 4 is 6.09 Å². The number of hydrogen-bond donors (Lipinski definition) is 2. The van der Waals surface area contributed by atoms with Crippen molar-refractivity contribution in [3.8, 4) is 0 Å². The number of rotatable bonds is 0. The highest BCUT2D eigenvalue weighted by molar-refractivity contribution is 5.65. The SMILES string of the molecule is NC1CCN(C(=O)O)C1. The van der Waals surface area contributed by atoms with Gasteiger partial charge in [-0.25, -0.2) is 4.79 Å². The van der Waals surface area contributed by atoms with Crippen LogP contribution in [0.2, 0.25) is 0 Å². The average molecular weight is 130 g/mol. The Hall–Kier alpha value is -0.770. The van der Waals surface area contributed by atoms with Gasteiger partial charge in [0.25, 0.3) is 0 Å². The third kappa shape index (κ3) is 1.32. The Morgan fingerprint density at radius 1 is 1.78 bits per heavy atom. The van der Waals surface area contributed by atoms with Crippen LogP contribution in [0, 0.1) is 0 Å². The van der Waals surface area contributed by atoms with Gasteiger partial charge >= 0.3 is 6.09 Å². The summed E-state index contributed by atoms with van der Waals surface area (Å²) < 4.78 is 0. The molecule has 4 heteroatoms. The van der Waals surface area contributed by atoms with E-state index in [-0.39, 0.29) is 6.04 Å². The summed E-state index contributed by atoms with van der Waals surface area (Å²) in [6, 6.07) is 0.0566. The molecule has 0 aromatic rings. The maximum Gasteiger partial charge on any atom is 0.407 e. The van der Waals surface area contributed by atoms with E-state index in [0.717, 1.165) is 6.42 Å². The largest absolute Gasteiger partial charge is 0.465 e. The first kappa shape index (κ1) is 6.35. The number of likely N-dealkylation sites (tertiary alicyclic amines) is 1. The topological polar surface area (TPSA) is 66.6 Å². The summed E-state index contributed by atoms with van der Waals surface area (Å²) >= 11 is 0. The zero-order valence-electron chi connectivity index (χ0n) is 5.08. The molecule has 0 aromatic heterocycles. The Kier molecular flexibility index (Phi) is 1.57. The van der Waals surface area contributed by atoms with Gasteiger partial charge in [-0.1, -0.05) is 0 Å². The smallest absolute Gasteiger partial charge is 0.407 e. The number of hydrogen-bond acceptors (Lipinski definition) is 2. The molecule has 1 fully saturated rings. The van der Waals surface area contributed by atoms with Crippen molar-refractivity contribution in [3.63, 3.8) is 0 Å². The summed E-state index contributed by atoms with van der Waals surface area (Å²) in [4.78, 5) is 11.6. The van der Waals surface area contributed by atoms with Gasteiger partial charge in [0, 0.05) is 19.1 Å². The third-order valence-electron chi connectivity index (χ3n) is 1.50. The summed E-state index contributed by atoms with van der Waals surface area (Å²) in [7, 11) is 0. The number of carbonyl (C=O) groups is 1. The van der Waals surface area contributed by atoms with Gasteiger partial charge in [-0.3, -0.25) is 0 Å². The van der Waals surface area contributed by atoms with E-state index in [1.807, 2.05) is 0 Å². The molecule has 0 bridgehead atoms. The lowest BCUT2D eigenvalue weighted by Crippen LogP contribution is -2.30. The average Bonchev–Trinajstić information content (AvgIpc) is 2.14. The van der Waals surface area contributed by atoms with Gasteiger partial charge < -0.3 is 15.7 Å². The fraction of sp³-hybridized carbons (Fsp3) is 0.800. The van der Waals surface area contributed by atoms with Crippen LogP contribution in [-0.4, -0.2) is 35.2 Å². The maximum absolute atomic E-state index is 10.2. The molecule has 1 amide bonds. The van der Waals surface area contributed by atoms with E-state index in [1.54, 1.807) is 0 Å². The van der Waals surface area contributed by atoms with Crippen LogP contribution in [0.5, 0.6) is 0 Å². The second-order valence-electron chi connectivity index (χ2n) is 2.28. The van der Waals surface area contributed by atoms with Crippen LogP contribution in [0.3, 0.4) is 0 Å². The summed E-state index contributed by atoms with van der Waals surface area (Å²) in [5, 5.41) is 8.40. The summed E-state index contributed by atoms with van der Waals surface area (Å²) in [5.41, 5.74) is 5.46. The molecule has 0 aromatic carbocycles. The van der Waals surface area contributed by atoms with E-state index in [9.17, 15) is 4.79 Å². The number of nitrogens with two attached hydrogens (primary N) is 1. The molecule has 0 saturated carbocycles. The Morgan fingerprint density at radius 2 is 2.44 bits per heavy atom. The molecule has 1 atom stereocenters. The summed E-state index contributed by atoms with van der Waals surface area (Å²) in [6.45, 7) is 1.09. The van der Waals surface area contributed by atoms with Crippen molar-refractivity contribution in [3.05, 3.63) is 0 Å². The van der Waals surface area contributed by atoms with Crippen molar-refractivity contribution < 1.29 is 9.90 Å². The quantitative estimate of drug-likeness (QED) is 0.473. The summed E-state index contributed by atoms with van der Waals surface area (Å²) in [5.74, 6) is 0. The first-order valence-corrected chi connectivity index (χ1v) is 2.93. The van der Waals surface area contributed by atoms with Crippen LogP contribution in [-0.2, 0) is 0 Å². The second kappa shape index (κ2) is 2.23. The number of nitrogens with zero attached hydrogens (tertiary/aromatic N) is 1. The molecule has 0 aliphatic carbocycles. The highest BCUT2D eigenvalue weighted by atomic mass is 16.4. The van der Waals surface area contributed by atoms with Gasteiger partial charge in [0.05, 0.1) is 0 Å². The van der Waals surface area contributed by atoms with Gasteiger partial charge in [0.1, 0.15) is 0 Å². The lowest BCUT2D eigenvalue weighted by Gasteiger charge is -2.08. The van der Waals surface area contributed by atoms with Crippen molar-refractivity contribution in [1.82, 2.24) is 4.90 Å². The molecule has 1 saturated heterocycles. The standard InChI is InChI=1S/C5H10N2O2/c6-4-1-2-7(3-4)5(8)9/h4H,1-3,6H2,(H,8,9). The zero-order chi connectivity index (χ0) is 6.85. The van der Waals surface area contributed by atoms with Crippen LogP contribution < -0.4 is 5.73 Å². The molecule has 1 rings (SSSR count). The van der Waals surface area contributed by atoms with Crippen molar-refractivity contribution in [2.24, 2.45) is 5.73 Å². The van der Waals surface area contributed by atoms with E-state index < -0.39 is 6.09 Å². The van der Waals surface area contributed by atoms with E-state index in [4.69, 9.17) is 10.8 Å².